The van der Waals surface area contributed by atoms with Gasteiger partial charge in [-0.25, -0.2) is 9.59 Å². The second-order valence-corrected chi connectivity index (χ2v) is 8.03. The smallest absolute Gasteiger partial charge is 0.343 e. The molecule has 5 nitrogen and oxygen atoms in total. The Morgan fingerprint density at radius 3 is 1.58 bits per heavy atom. The molecule has 0 amide bonds. The van der Waals surface area contributed by atoms with Gasteiger partial charge in [0.1, 0.15) is 11.5 Å². The minimum Gasteiger partial charge on any atom is -0.423 e. The molecule has 0 saturated carbocycles. The van der Waals surface area contributed by atoms with Crippen LogP contribution in [0.3, 0.4) is 0 Å². The normalized spacial score (nSPS) is 10.6. The number of benzene rings is 5. The highest BCUT2D eigenvalue weighted by Crippen LogP contribution is 2.33. The van der Waals surface area contributed by atoms with Crippen molar-refractivity contribution < 1.29 is 23.9 Å². The molecule has 36 heavy (non-hydrogen) atoms. The predicted molar refractivity (Wildman–Crippen MR) is 137 cm³/mol. The van der Waals surface area contributed by atoms with Crippen LogP contribution >= 0.6 is 0 Å². The summed E-state index contributed by atoms with van der Waals surface area (Å²) in [5, 5.41) is 1.23. The van der Waals surface area contributed by atoms with E-state index in [9.17, 15) is 14.4 Å². The lowest BCUT2D eigenvalue weighted by atomic mass is 9.96. The molecule has 0 atom stereocenters. The van der Waals surface area contributed by atoms with Gasteiger partial charge in [-0.2, -0.15) is 0 Å². The molecule has 5 heteroatoms. The summed E-state index contributed by atoms with van der Waals surface area (Å²) in [4.78, 5) is 39.1. The maximum Gasteiger partial charge on any atom is 0.343 e. The second kappa shape index (κ2) is 10.1. The first kappa shape index (κ1) is 22.7. The highest BCUT2D eigenvalue weighted by molar-refractivity contribution is 6.19. The van der Waals surface area contributed by atoms with Gasteiger partial charge in [0.05, 0.1) is 16.7 Å². The van der Waals surface area contributed by atoms with E-state index in [0.29, 0.717) is 22.1 Å². The van der Waals surface area contributed by atoms with Crippen molar-refractivity contribution in [2.45, 2.75) is 0 Å². The summed E-state index contributed by atoms with van der Waals surface area (Å²) in [6.45, 7) is 0. The Kier molecular flexibility index (Phi) is 6.36. The van der Waals surface area contributed by atoms with E-state index in [1.807, 2.05) is 12.1 Å². The minimum atomic E-state index is -0.580. The Bertz CT molecular complexity index is 1550. The standard InChI is InChI=1S/C31H20O5/c32-29(22-10-4-1-5-11-22)28-26-20-25(35-30(33)23-12-6-2-7-13-23)18-16-21(26)17-19-27(28)36-31(34)24-14-8-3-9-15-24/h1-20H. The summed E-state index contributed by atoms with van der Waals surface area (Å²) in [7, 11) is 0. The van der Waals surface area contributed by atoms with Gasteiger partial charge < -0.3 is 9.47 Å². The number of esters is 2. The molecule has 0 bridgehead atoms. The number of carbonyl (C=O) groups excluding carboxylic acids is 3. The van der Waals surface area contributed by atoms with Crippen LogP contribution < -0.4 is 9.47 Å². The van der Waals surface area contributed by atoms with Crippen molar-refractivity contribution >= 4 is 28.5 Å². The summed E-state index contributed by atoms with van der Waals surface area (Å²) >= 11 is 0. The highest BCUT2D eigenvalue weighted by atomic mass is 16.5. The van der Waals surface area contributed by atoms with Crippen molar-refractivity contribution in [1.29, 1.82) is 0 Å². The lowest BCUT2D eigenvalue weighted by Gasteiger charge is -2.14. The number of hydrogen-bond acceptors (Lipinski definition) is 5. The molecule has 5 rings (SSSR count). The largest absolute Gasteiger partial charge is 0.423 e. The maximum absolute atomic E-state index is 13.7. The number of hydrogen-bond donors (Lipinski definition) is 0. The Morgan fingerprint density at radius 1 is 0.500 bits per heavy atom. The maximum atomic E-state index is 13.7. The number of ketones is 1. The molecule has 5 aromatic rings. The van der Waals surface area contributed by atoms with Gasteiger partial charge in [-0.15, -0.1) is 0 Å². The third kappa shape index (κ3) is 4.76. The van der Waals surface area contributed by atoms with E-state index < -0.39 is 11.9 Å². The van der Waals surface area contributed by atoms with Gasteiger partial charge in [0.2, 0.25) is 0 Å². The molecule has 0 saturated heterocycles. The van der Waals surface area contributed by atoms with Gasteiger partial charge in [-0.3, -0.25) is 4.79 Å². The van der Waals surface area contributed by atoms with E-state index in [1.54, 1.807) is 109 Å². The lowest BCUT2D eigenvalue weighted by Crippen LogP contribution is -2.13. The number of carbonyl (C=O) groups is 3. The molecule has 0 fully saturated rings. The molecule has 174 valence electrons. The van der Waals surface area contributed by atoms with Gasteiger partial charge in [-0.1, -0.05) is 78.9 Å². The van der Waals surface area contributed by atoms with Crippen LogP contribution in [0.1, 0.15) is 36.6 Å². The van der Waals surface area contributed by atoms with Crippen LogP contribution in [0, 0.1) is 0 Å². The fourth-order valence-corrected chi connectivity index (χ4v) is 3.87. The molecule has 0 aromatic heterocycles. The lowest BCUT2D eigenvalue weighted by molar-refractivity contribution is 0.0724. The highest BCUT2D eigenvalue weighted by Gasteiger charge is 2.22. The van der Waals surface area contributed by atoms with Crippen molar-refractivity contribution in [1.82, 2.24) is 0 Å². The van der Waals surface area contributed by atoms with E-state index in [1.165, 1.54) is 0 Å². The summed E-state index contributed by atoms with van der Waals surface area (Å²) in [6, 6.07) is 34.3. The molecular weight excluding hydrogens is 452 g/mol. The first-order valence-electron chi connectivity index (χ1n) is 11.3. The Labute approximate surface area is 207 Å². The minimum absolute atomic E-state index is 0.122. The van der Waals surface area contributed by atoms with Crippen molar-refractivity contribution in [3.8, 4) is 11.5 Å². The number of ether oxygens (including phenoxy) is 2. The van der Waals surface area contributed by atoms with E-state index in [-0.39, 0.29) is 22.8 Å². The van der Waals surface area contributed by atoms with Crippen molar-refractivity contribution in [3.05, 3.63) is 144 Å². The zero-order valence-corrected chi connectivity index (χ0v) is 19.1. The molecule has 0 radical (unpaired) electrons. The van der Waals surface area contributed by atoms with Gasteiger partial charge in [0.15, 0.2) is 5.78 Å². The predicted octanol–water partition coefficient (Wildman–Crippen LogP) is 6.51. The molecule has 0 aliphatic rings. The van der Waals surface area contributed by atoms with Gasteiger partial charge in [0.25, 0.3) is 0 Å². The molecule has 0 aliphatic heterocycles. The van der Waals surface area contributed by atoms with Crippen LogP contribution in [0.5, 0.6) is 11.5 Å². The van der Waals surface area contributed by atoms with E-state index >= 15 is 0 Å². The summed E-state index contributed by atoms with van der Waals surface area (Å²) in [6.07, 6.45) is 0. The monoisotopic (exact) mass is 472 g/mol. The van der Waals surface area contributed by atoms with Gasteiger partial charge >= 0.3 is 11.9 Å². The average Bonchev–Trinajstić information content (AvgIpc) is 2.94. The topological polar surface area (TPSA) is 69.7 Å². The quantitative estimate of drug-likeness (QED) is 0.160. The van der Waals surface area contributed by atoms with E-state index in [0.717, 1.165) is 5.39 Å². The summed E-state index contributed by atoms with van der Waals surface area (Å²) < 4.78 is 11.3. The van der Waals surface area contributed by atoms with E-state index in [4.69, 9.17) is 9.47 Å². The van der Waals surface area contributed by atoms with Crippen molar-refractivity contribution in [2.75, 3.05) is 0 Å². The Hall–Kier alpha value is -5.03. The zero-order valence-electron chi connectivity index (χ0n) is 19.1. The summed E-state index contributed by atoms with van der Waals surface area (Å²) in [5.74, 6) is -1.02. The molecule has 0 heterocycles. The SMILES string of the molecule is O=C(Oc1ccc2ccc(OC(=O)c3ccccc3)c(C(=O)c3ccccc3)c2c1)c1ccccc1. The van der Waals surface area contributed by atoms with Crippen LogP contribution in [-0.4, -0.2) is 17.7 Å². The Balaban J connectivity index is 1.59. The molecular formula is C31H20O5. The Morgan fingerprint density at radius 2 is 1.00 bits per heavy atom. The fourth-order valence-electron chi connectivity index (χ4n) is 3.87. The average molecular weight is 472 g/mol. The molecule has 0 spiro atoms. The number of rotatable bonds is 6. The van der Waals surface area contributed by atoms with Crippen molar-refractivity contribution in [2.24, 2.45) is 0 Å². The first-order valence-corrected chi connectivity index (χ1v) is 11.3. The van der Waals surface area contributed by atoms with E-state index in [2.05, 4.69) is 0 Å². The second-order valence-electron chi connectivity index (χ2n) is 8.03. The molecule has 5 aromatic carbocycles. The molecule has 0 unspecified atom stereocenters. The summed E-state index contributed by atoms with van der Waals surface area (Å²) in [5.41, 5.74) is 1.42. The number of fused-ring (bicyclic) bond motifs is 1. The van der Waals surface area contributed by atoms with Crippen LogP contribution in [0.25, 0.3) is 10.8 Å². The van der Waals surface area contributed by atoms with Gasteiger partial charge in [-0.05, 0) is 47.9 Å². The fraction of sp³-hybridized carbons (Fsp3) is 0. The van der Waals surface area contributed by atoms with Gasteiger partial charge in [0, 0.05) is 10.9 Å². The van der Waals surface area contributed by atoms with Crippen LogP contribution in [-0.2, 0) is 0 Å². The third-order valence-corrected chi connectivity index (χ3v) is 5.65. The van der Waals surface area contributed by atoms with Crippen LogP contribution in [0.2, 0.25) is 0 Å². The van der Waals surface area contributed by atoms with Crippen LogP contribution in [0.15, 0.2) is 121 Å². The first-order chi connectivity index (χ1) is 17.6. The zero-order chi connectivity index (χ0) is 24.9. The molecule has 0 N–H and O–H groups in total. The van der Waals surface area contributed by atoms with Crippen molar-refractivity contribution in [3.63, 3.8) is 0 Å². The molecule has 0 aliphatic carbocycles. The van der Waals surface area contributed by atoms with Crippen LogP contribution in [0.4, 0.5) is 0 Å². The third-order valence-electron chi connectivity index (χ3n) is 5.65.